The average molecular weight is 632 g/mol. The van der Waals surface area contributed by atoms with Gasteiger partial charge in [0.15, 0.2) is 24.4 Å². The van der Waals surface area contributed by atoms with Gasteiger partial charge in [0.05, 0.1) is 6.61 Å². The first-order valence-electron chi connectivity index (χ1n) is 13.9. The molecule has 0 aliphatic carbocycles. The standard InChI is InChI=1S/C26H37BO17/c1-8-27-36-10-18-20(44-27)22(38-15(5)31)23(39-16(6)32)25(41-18)43-26(11-35-13(3)29)24(40-17(7)33)21(37-14(4)30)19(42-26)9-34-12(2)28/h18-25H,8-11H2,1-7H3. The molecule has 0 aromatic heterocycles. The van der Waals surface area contributed by atoms with Crippen molar-refractivity contribution in [3.05, 3.63) is 0 Å². The summed E-state index contributed by atoms with van der Waals surface area (Å²) in [5, 5.41) is 0. The van der Waals surface area contributed by atoms with Crippen LogP contribution in [0.15, 0.2) is 0 Å². The van der Waals surface area contributed by atoms with Crippen LogP contribution in [0.3, 0.4) is 0 Å². The summed E-state index contributed by atoms with van der Waals surface area (Å²) in [4.78, 5) is 72.4. The number of hydrogen-bond acceptors (Lipinski definition) is 17. The third kappa shape index (κ3) is 8.87. The van der Waals surface area contributed by atoms with Crippen LogP contribution in [0.2, 0.25) is 6.32 Å². The van der Waals surface area contributed by atoms with Crippen LogP contribution in [0, 0.1) is 0 Å². The molecular weight excluding hydrogens is 595 g/mol. The topological polar surface area (TPSA) is 204 Å². The molecule has 9 unspecified atom stereocenters. The van der Waals surface area contributed by atoms with Gasteiger partial charge in [0.2, 0.25) is 12.1 Å². The Morgan fingerprint density at radius 1 is 0.750 bits per heavy atom. The Bertz CT molecular complexity index is 1100. The minimum Gasteiger partial charge on any atom is -0.463 e. The quantitative estimate of drug-likeness (QED) is 0.161. The highest BCUT2D eigenvalue weighted by atomic mass is 16.8. The third-order valence-corrected chi connectivity index (χ3v) is 6.57. The number of carbonyl (C=O) groups excluding carboxylic acids is 6. The highest BCUT2D eigenvalue weighted by Crippen LogP contribution is 2.42. The van der Waals surface area contributed by atoms with Crippen LogP contribution in [-0.2, 0) is 80.7 Å². The fraction of sp³-hybridized carbons (Fsp3) is 0.769. The minimum absolute atomic E-state index is 0.0517. The minimum atomic E-state index is -2.32. The molecule has 0 aromatic carbocycles. The first-order valence-corrected chi connectivity index (χ1v) is 13.9. The summed E-state index contributed by atoms with van der Waals surface area (Å²) in [5.41, 5.74) is 0. The Kier molecular flexibility index (Phi) is 12.1. The van der Waals surface area contributed by atoms with Crippen molar-refractivity contribution < 1.29 is 80.7 Å². The number of rotatable bonds is 11. The summed E-state index contributed by atoms with van der Waals surface area (Å²) in [5.74, 6) is -7.08. The molecule has 0 N–H and O–H groups in total. The molecule has 3 aliphatic heterocycles. The lowest BCUT2D eigenvalue weighted by molar-refractivity contribution is -0.385. The van der Waals surface area contributed by atoms with Gasteiger partial charge >= 0.3 is 42.9 Å². The maximum absolute atomic E-state index is 12.3. The van der Waals surface area contributed by atoms with Crippen molar-refractivity contribution in [1.29, 1.82) is 0 Å². The zero-order valence-electron chi connectivity index (χ0n) is 25.5. The van der Waals surface area contributed by atoms with Crippen molar-refractivity contribution in [2.45, 2.75) is 110 Å². The Labute approximate surface area is 253 Å². The van der Waals surface area contributed by atoms with E-state index in [9.17, 15) is 28.8 Å². The Hall–Kier alpha value is -3.32. The van der Waals surface area contributed by atoms with Crippen LogP contribution in [0.25, 0.3) is 0 Å². The predicted octanol–water partition coefficient (Wildman–Crippen LogP) is -0.400. The lowest BCUT2D eigenvalue weighted by Gasteiger charge is -2.49. The highest BCUT2D eigenvalue weighted by molar-refractivity contribution is 6.44. The van der Waals surface area contributed by atoms with Crippen molar-refractivity contribution in [3.8, 4) is 0 Å². The molecule has 44 heavy (non-hydrogen) atoms. The number of ether oxygens (including phenoxy) is 9. The van der Waals surface area contributed by atoms with Crippen LogP contribution >= 0.6 is 0 Å². The monoisotopic (exact) mass is 632 g/mol. The van der Waals surface area contributed by atoms with E-state index in [4.69, 9.17) is 51.9 Å². The van der Waals surface area contributed by atoms with Crippen LogP contribution in [-0.4, -0.2) is 118 Å². The maximum Gasteiger partial charge on any atom is 0.457 e. The summed E-state index contributed by atoms with van der Waals surface area (Å²) in [7, 11) is -0.679. The molecule has 18 heteroatoms. The predicted molar refractivity (Wildman–Crippen MR) is 140 cm³/mol. The molecule has 0 aromatic rings. The second-order valence-corrected chi connectivity index (χ2v) is 10.2. The van der Waals surface area contributed by atoms with Gasteiger partial charge in [-0.3, -0.25) is 28.8 Å². The van der Waals surface area contributed by atoms with Crippen molar-refractivity contribution in [2.75, 3.05) is 19.8 Å². The molecule has 0 amide bonds. The van der Waals surface area contributed by atoms with Crippen LogP contribution in [0.5, 0.6) is 0 Å². The Balaban J connectivity index is 2.11. The van der Waals surface area contributed by atoms with Gasteiger partial charge < -0.3 is 51.9 Å². The normalized spacial score (nSPS) is 32.9. The van der Waals surface area contributed by atoms with Crippen molar-refractivity contribution in [2.24, 2.45) is 0 Å². The zero-order valence-corrected chi connectivity index (χ0v) is 25.5. The van der Waals surface area contributed by atoms with Crippen molar-refractivity contribution in [1.82, 2.24) is 0 Å². The van der Waals surface area contributed by atoms with E-state index in [2.05, 4.69) is 0 Å². The molecule has 246 valence electrons. The average Bonchev–Trinajstić information content (AvgIpc) is 3.18. The molecule has 9 atom stereocenters. The second kappa shape index (κ2) is 15.1. The molecule has 3 aliphatic rings. The molecule has 0 saturated carbocycles. The molecule has 3 saturated heterocycles. The van der Waals surface area contributed by atoms with Gasteiger partial charge in [-0.05, 0) is 6.32 Å². The summed E-state index contributed by atoms with van der Waals surface area (Å²) in [6.45, 7) is 7.07. The van der Waals surface area contributed by atoms with Crippen LogP contribution in [0.1, 0.15) is 48.5 Å². The Morgan fingerprint density at radius 2 is 1.32 bits per heavy atom. The third-order valence-electron chi connectivity index (χ3n) is 6.57. The van der Waals surface area contributed by atoms with E-state index in [1.807, 2.05) is 6.92 Å². The summed E-state index contributed by atoms with van der Waals surface area (Å²) < 4.78 is 62.4. The SMILES string of the molecule is CCB1OCC2OC(OC3(COC(C)=O)OC(COC(C)=O)C(OC(C)=O)C3OC(C)=O)C(OC(C)=O)C(OC(C)=O)C2O1. The molecule has 17 nitrogen and oxygen atoms in total. The first kappa shape index (κ1) is 35.2. The van der Waals surface area contributed by atoms with Gasteiger partial charge in [0.25, 0.3) is 0 Å². The van der Waals surface area contributed by atoms with Gasteiger partial charge in [0.1, 0.15) is 31.5 Å². The Morgan fingerprint density at radius 3 is 1.86 bits per heavy atom. The van der Waals surface area contributed by atoms with E-state index in [0.29, 0.717) is 6.32 Å². The van der Waals surface area contributed by atoms with E-state index in [-0.39, 0.29) is 6.61 Å². The number of hydrogen-bond donors (Lipinski definition) is 0. The summed E-state index contributed by atoms with van der Waals surface area (Å²) >= 11 is 0. The molecule has 3 fully saturated rings. The molecule has 3 rings (SSSR count). The molecule has 0 radical (unpaired) electrons. The number of fused-ring (bicyclic) bond motifs is 1. The van der Waals surface area contributed by atoms with Gasteiger partial charge in [0, 0.05) is 41.5 Å². The van der Waals surface area contributed by atoms with Crippen LogP contribution < -0.4 is 0 Å². The molecule has 3 heterocycles. The first-order chi connectivity index (χ1) is 20.6. The highest BCUT2D eigenvalue weighted by Gasteiger charge is 2.65. The fourth-order valence-corrected chi connectivity index (χ4v) is 5.02. The van der Waals surface area contributed by atoms with Crippen LogP contribution in [0.4, 0.5) is 0 Å². The number of esters is 6. The number of carbonyl (C=O) groups is 6. The van der Waals surface area contributed by atoms with E-state index in [0.717, 1.165) is 41.5 Å². The van der Waals surface area contributed by atoms with Gasteiger partial charge in [-0.2, -0.15) is 0 Å². The fourth-order valence-electron chi connectivity index (χ4n) is 5.02. The van der Waals surface area contributed by atoms with Crippen molar-refractivity contribution in [3.63, 3.8) is 0 Å². The molecule has 0 bridgehead atoms. The second-order valence-electron chi connectivity index (χ2n) is 10.2. The summed E-state index contributed by atoms with van der Waals surface area (Å²) in [6.07, 6.45) is -10.4. The molecular formula is C26H37BO17. The smallest absolute Gasteiger partial charge is 0.457 e. The zero-order chi connectivity index (χ0) is 32.8. The molecule has 0 spiro atoms. The maximum atomic E-state index is 12.3. The van der Waals surface area contributed by atoms with E-state index >= 15 is 0 Å². The van der Waals surface area contributed by atoms with Gasteiger partial charge in [-0.1, -0.05) is 6.92 Å². The largest absolute Gasteiger partial charge is 0.463 e. The van der Waals surface area contributed by atoms with Gasteiger partial charge in [-0.25, -0.2) is 0 Å². The van der Waals surface area contributed by atoms with Crippen molar-refractivity contribution >= 4 is 42.9 Å². The van der Waals surface area contributed by atoms with Gasteiger partial charge in [-0.15, -0.1) is 0 Å². The van der Waals surface area contributed by atoms with E-state index < -0.39 is 111 Å². The lowest BCUT2D eigenvalue weighted by Crippen LogP contribution is -2.67. The lowest BCUT2D eigenvalue weighted by atomic mass is 9.82. The van der Waals surface area contributed by atoms with E-state index in [1.54, 1.807) is 0 Å². The van der Waals surface area contributed by atoms with E-state index in [1.165, 1.54) is 0 Å². The summed E-state index contributed by atoms with van der Waals surface area (Å²) in [6, 6.07) is 0.